The second-order valence-corrected chi connectivity index (χ2v) is 9.03. The summed E-state index contributed by atoms with van der Waals surface area (Å²) in [5, 5.41) is 3.38. The molecule has 38 heavy (non-hydrogen) atoms. The van der Waals surface area contributed by atoms with Gasteiger partial charge in [-0.3, -0.25) is 4.98 Å². The molecule has 0 aliphatic heterocycles. The van der Waals surface area contributed by atoms with Crippen molar-refractivity contribution in [1.82, 2.24) is 9.97 Å². The van der Waals surface area contributed by atoms with Crippen LogP contribution in [0.4, 0.5) is 0 Å². The van der Waals surface area contributed by atoms with Crippen LogP contribution in [0.25, 0.3) is 55.4 Å². The van der Waals surface area contributed by atoms with E-state index in [-0.39, 0.29) is 20.1 Å². The maximum atomic E-state index is 6.24. The number of furan rings is 1. The van der Waals surface area contributed by atoms with E-state index in [0.29, 0.717) is 0 Å². The molecule has 0 amide bonds. The molecule has 0 unspecified atom stereocenters. The Labute approximate surface area is 235 Å². The SMILES string of the molecule is Cc1[c-]c(-c2nc3ccccc3c3c2oc2ccccc23)cc(C)c1.[Ir].[c-]1ccccc1-c1ccccn1. The van der Waals surface area contributed by atoms with Gasteiger partial charge in [0.2, 0.25) is 0 Å². The summed E-state index contributed by atoms with van der Waals surface area (Å²) in [6.07, 6.45) is 1.79. The van der Waals surface area contributed by atoms with Gasteiger partial charge in [0.1, 0.15) is 11.2 Å². The molecule has 3 heterocycles. The van der Waals surface area contributed by atoms with E-state index in [1.165, 1.54) is 5.56 Å². The van der Waals surface area contributed by atoms with E-state index in [0.717, 1.165) is 60.9 Å². The molecule has 0 bridgehead atoms. The van der Waals surface area contributed by atoms with E-state index in [2.05, 4.69) is 67.4 Å². The number of nitrogens with zero attached hydrogens (tertiary/aromatic N) is 2. The third-order valence-electron chi connectivity index (χ3n) is 6.27. The van der Waals surface area contributed by atoms with Crippen molar-refractivity contribution < 1.29 is 24.5 Å². The molecular formula is C34H24IrN2O-2. The zero-order chi connectivity index (χ0) is 25.2. The maximum absolute atomic E-state index is 6.24. The van der Waals surface area contributed by atoms with Crippen LogP contribution in [0.1, 0.15) is 11.1 Å². The van der Waals surface area contributed by atoms with Gasteiger partial charge in [0.15, 0.2) is 0 Å². The second kappa shape index (κ2) is 11.1. The molecule has 4 heteroatoms. The van der Waals surface area contributed by atoms with Crippen LogP contribution < -0.4 is 0 Å². The summed E-state index contributed by atoms with van der Waals surface area (Å²) >= 11 is 0. The van der Waals surface area contributed by atoms with Gasteiger partial charge in [-0.2, -0.15) is 0 Å². The van der Waals surface area contributed by atoms with Gasteiger partial charge in [0.05, 0.1) is 5.52 Å². The number of fused-ring (bicyclic) bond motifs is 5. The van der Waals surface area contributed by atoms with Crippen molar-refractivity contribution in [2.75, 3.05) is 0 Å². The van der Waals surface area contributed by atoms with Crippen LogP contribution >= 0.6 is 0 Å². The summed E-state index contributed by atoms with van der Waals surface area (Å²) in [4.78, 5) is 9.14. The predicted octanol–water partition coefficient (Wildman–Crippen LogP) is 8.76. The third-order valence-corrected chi connectivity index (χ3v) is 6.27. The van der Waals surface area contributed by atoms with Gasteiger partial charge in [0, 0.05) is 48.2 Å². The molecule has 0 fully saturated rings. The average molecular weight is 669 g/mol. The molecule has 0 saturated carbocycles. The van der Waals surface area contributed by atoms with Crippen LogP contribution in [-0.2, 0) is 20.1 Å². The number of aryl methyl sites for hydroxylation is 2. The summed E-state index contributed by atoms with van der Waals surface area (Å²) in [5.41, 5.74) is 8.85. The number of hydrogen-bond donors (Lipinski definition) is 0. The minimum atomic E-state index is 0. The molecule has 0 saturated heterocycles. The molecule has 0 aliphatic carbocycles. The molecule has 7 aromatic rings. The molecule has 0 aliphatic rings. The second-order valence-electron chi connectivity index (χ2n) is 9.03. The fourth-order valence-electron chi connectivity index (χ4n) is 4.71. The molecular weight excluding hydrogens is 645 g/mol. The molecule has 1 radical (unpaired) electrons. The average Bonchev–Trinajstić information content (AvgIpc) is 3.33. The molecule has 3 nitrogen and oxygen atoms in total. The van der Waals surface area contributed by atoms with Gasteiger partial charge in [-0.05, 0) is 23.9 Å². The fraction of sp³-hybridized carbons (Fsp3) is 0.0588. The van der Waals surface area contributed by atoms with Gasteiger partial charge in [-0.25, -0.2) is 0 Å². The Balaban J connectivity index is 0.000000191. The van der Waals surface area contributed by atoms with E-state index < -0.39 is 0 Å². The van der Waals surface area contributed by atoms with E-state index in [1.54, 1.807) is 6.20 Å². The molecule has 187 valence electrons. The summed E-state index contributed by atoms with van der Waals surface area (Å²) in [7, 11) is 0. The molecule has 0 spiro atoms. The Morgan fingerprint density at radius 3 is 2.26 bits per heavy atom. The fourth-order valence-corrected chi connectivity index (χ4v) is 4.71. The number of hydrogen-bond acceptors (Lipinski definition) is 3. The van der Waals surface area contributed by atoms with Crippen LogP contribution in [-0.4, -0.2) is 9.97 Å². The first-order chi connectivity index (χ1) is 18.2. The Morgan fingerprint density at radius 1 is 0.737 bits per heavy atom. The van der Waals surface area contributed by atoms with Crippen molar-refractivity contribution in [2.24, 2.45) is 0 Å². The standard InChI is InChI=1S/C23H16NO.C11H8N.Ir/c1-14-11-15(2)13-16(12-14)22-23-21(17-7-3-5-9-19(17)24-22)18-8-4-6-10-20(18)25-23;1-2-6-10(7-3-1)11-8-4-5-9-12-11;/h3-12H,1-2H3;1-6,8-9H;/q2*-1;. The van der Waals surface area contributed by atoms with Crippen molar-refractivity contribution in [1.29, 1.82) is 0 Å². The summed E-state index contributed by atoms with van der Waals surface area (Å²) in [5.74, 6) is 0. The van der Waals surface area contributed by atoms with E-state index in [4.69, 9.17) is 9.40 Å². The van der Waals surface area contributed by atoms with Gasteiger partial charge in [0.25, 0.3) is 0 Å². The molecule has 0 N–H and O–H groups in total. The van der Waals surface area contributed by atoms with Gasteiger partial charge in [-0.1, -0.05) is 62.4 Å². The summed E-state index contributed by atoms with van der Waals surface area (Å²) in [6.45, 7) is 4.16. The molecule has 3 aromatic heterocycles. The zero-order valence-electron chi connectivity index (χ0n) is 21.0. The van der Waals surface area contributed by atoms with Gasteiger partial charge in [-0.15, -0.1) is 70.8 Å². The number of para-hydroxylation sites is 2. The first-order valence-corrected chi connectivity index (χ1v) is 12.3. The third kappa shape index (κ3) is 5.02. The van der Waals surface area contributed by atoms with Crippen LogP contribution in [0.15, 0.2) is 114 Å². The van der Waals surface area contributed by atoms with E-state index >= 15 is 0 Å². The molecule has 7 rings (SSSR count). The van der Waals surface area contributed by atoms with Crippen LogP contribution in [0, 0.1) is 26.0 Å². The van der Waals surface area contributed by atoms with Crippen LogP contribution in [0.5, 0.6) is 0 Å². The quantitative estimate of drug-likeness (QED) is 0.173. The zero-order valence-corrected chi connectivity index (χ0v) is 23.4. The maximum Gasteiger partial charge on any atom is 0.134 e. The Morgan fingerprint density at radius 2 is 1.50 bits per heavy atom. The van der Waals surface area contributed by atoms with E-state index in [1.807, 2.05) is 66.7 Å². The number of benzene rings is 4. The monoisotopic (exact) mass is 669 g/mol. The van der Waals surface area contributed by atoms with Gasteiger partial charge < -0.3 is 9.40 Å². The van der Waals surface area contributed by atoms with Crippen molar-refractivity contribution >= 4 is 32.8 Å². The Bertz CT molecular complexity index is 1790. The normalized spacial score (nSPS) is 10.7. The topological polar surface area (TPSA) is 38.9 Å². The Kier molecular flexibility index (Phi) is 7.46. The predicted molar refractivity (Wildman–Crippen MR) is 151 cm³/mol. The minimum absolute atomic E-state index is 0. The first kappa shape index (κ1) is 25.5. The van der Waals surface area contributed by atoms with Crippen LogP contribution in [0.2, 0.25) is 0 Å². The number of aromatic nitrogens is 2. The summed E-state index contributed by atoms with van der Waals surface area (Å²) < 4.78 is 6.24. The van der Waals surface area contributed by atoms with Crippen molar-refractivity contribution in [2.45, 2.75) is 13.8 Å². The Hall–Kier alpha value is -4.11. The van der Waals surface area contributed by atoms with Crippen molar-refractivity contribution in [3.05, 3.63) is 133 Å². The van der Waals surface area contributed by atoms with Crippen molar-refractivity contribution in [3.63, 3.8) is 0 Å². The minimum Gasteiger partial charge on any atom is -0.464 e. The smallest absolute Gasteiger partial charge is 0.134 e. The molecule has 0 atom stereocenters. The molecule has 4 aromatic carbocycles. The first-order valence-electron chi connectivity index (χ1n) is 12.3. The van der Waals surface area contributed by atoms with E-state index in [9.17, 15) is 0 Å². The summed E-state index contributed by atoms with van der Waals surface area (Å²) in [6, 6.07) is 40.9. The number of rotatable bonds is 2. The van der Waals surface area contributed by atoms with Crippen molar-refractivity contribution in [3.8, 4) is 22.5 Å². The van der Waals surface area contributed by atoms with Gasteiger partial charge >= 0.3 is 0 Å². The van der Waals surface area contributed by atoms with Crippen LogP contribution in [0.3, 0.4) is 0 Å². The largest absolute Gasteiger partial charge is 0.464 e. The number of pyridine rings is 2.